The number of nitrogens with zero attached hydrogens (tertiary/aromatic N) is 2. The van der Waals surface area contributed by atoms with E-state index in [1.165, 1.54) is 24.3 Å². The van der Waals surface area contributed by atoms with Crippen LogP contribution in [0.1, 0.15) is 84.0 Å². The SMILES string of the molecule is C[C@@H]1CCC[N+]1(C(=O)O)C(=O)CCCN(C(=O)c1ccc(F)cc1)C(C)(C)CC(C)(C)C. The van der Waals surface area contributed by atoms with E-state index in [4.69, 9.17) is 0 Å². The molecule has 1 saturated heterocycles. The first-order valence-electron chi connectivity index (χ1n) is 11.4. The Bertz CT molecular complexity index is 844. The van der Waals surface area contributed by atoms with Gasteiger partial charge in [0.25, 0.3) is 5.91 Å². The Morgan fingerprint density at radius 1 is 1.12 bits per heavy atom. The number of quaternary nitrogens is 1. The van der Waals surface area contributed by atoms with Crippen molar-refractivity contribution < 1.29 is 28.4 Å². The van der Waals surface area contributed by atoms with Crippen LogP contribution in [0.3, 0.4) is 0 Å². The molecule has 1 aliphatic heterocycles. The quantitative estimate of drug-likeness (QED) is 0.561. The largest absolute Gasteiger partial charge is 0.521 e. The molecule has 0 aliphatic carbocycles. The van der Waals surface area contributed by atoms with E-state index in [2.05, 4.69) is 20.8 Å². The third-order valence-electron chi connectivity index (χ3n) is 6.47. The third kappa shape index (κ3) is 5.74. The van der Waals surface area contributed by atoms with Gasteiger partial charge in [0, 0.05) is 30.5 Å². The Morgan fingerprint density at radius 3 is 2.19 bits per heavy atom. The van der Waals surface area contributed by atoms with Crippen molar-refractivity contribution in [2.75, 3.05) is 13.1 Å². The molecule has 6 nitrogen and oxygen atoms in total. The van der Waals surface area contributed by atoms with Crippen LogP contribution in [0.15, 0.2) is 24.3 Å². The lowest BCUT2D eigenvalue weighted by molar-refractivity contribution is -0.792. The molecule has 1 unspecified atom stereocenters. The van der Waals surface area contributed by atoms with Crippen LogP contribution in [-0.2, 0) is 4.79 Å². The van der Waals surface area contributed by atoms with E-state index in [1.54, 1.807) is 4.90 Å². The highest BCUT2D eigenvalue weighted by Gasteiger charge is 2.52. The Morgan fingerprint density at radius 2 is 1.72 bits per heavy atom. The van der Waals surface area contributed by atoms with Gasteiger partial charge in [-0.15, -0.1) is 0 Å². The van der Waals surface area contributed by atoms with E-state index in [0.717, 1.165) is 6.42 Å². The van der Waals surface area contributed by atoms with Gasteiger partial charge in [0.15, 0.2) is 0 Å². The minimum atomic E-state index is -1.09. The number of carboxylic acid groups (broad SMARTS) is 1. The number of imide groups is 1. The fourth-order valence-electron chi connectivity index (χ4n) is 5.25. The van der Waals surface area contributed by atoms with Crippen LogP contribution in [0.5, 0.6) is 0 Å². The monoisotopic (exact) mass is 449 g/mol. The molecule has 0 bridgehead atoms. The highest BCUT2D eigenvalue weighted by atomic mass is 19.1. The zero-order valence-electron chi connectivity index (χ0n) is 20.3. The maximum atomic E-state index is 13.4. The molecule has 7 heteroatoms. The zero-order valence-corrected chi connectivity index (χ0v) is 20.3. The lowest BCUT2D eigenvalue weighted by Crippen LogP contribution is -2.58. The van der Waals surface area contributed by atoms with Crippen molar-refractivity contribution in [2.45, 2.75) is 85.2 Å². The summed E-state index contributed by atoms with van der Waals surface area (Å²) in [4.78, 5) is 40.1. The number of amides is 3. The average Bonchev–Trinajstić information content (AvgIpc) is 3.05. The van der Waals surface area contributed by atoms with Crippen molar-refractivity contribution in [3.8, 4) is 0 Å². The molecular weight excluding hydrogens is 411 g/mol. The van der Waals surface area contributed by atoms with Gasteiger partial charge < -0.3 is 10.0 Å². The van der Waals surface area contributed by atoms with Gasteiger partial charge in [0.1, 0.15) is 11.9 Å². The van der Waals surface area contributed by atoms with E-state index in [9.17, 15) is 23.9 Å². The predicted octanol–water partition coefficient (Wildman–Crippen LogP) is 5.47. The number of hydrogen-bond acceptors (Lipinski definition) is 3. The molecule has 1 fully saturated rings. The van der Waals surface area contributed by atoms with Crippen molar-refractivity contribution in [2.24, 2.45) is 5.41 Å². The van der Waals surface area contributed by atoms with Gasteiger partial charge in [0.05, 0.1) is 13.0 Å². The summed E-state index contributed by atoms with van der Waals surface area (Å²) in [6.45, 7) is 12.8. The van der Waals surface area contributed by atoms with Crippen LogP contribution in [0.4, 0.5) is 9.18 Å². The second-order valence-electron chi connectivity index (χ2n) is 10.9. The molecule has 1 heterocycles. The standard InChI is InChI=1S/C25H37FN2O4/c1-18-9-8-16-28(18,23(31)32)21(29)10-7-15-27(25(5,6)17-24(2,3)4)22(30)19-11-13-20(26)14-12-19/h11-14,18H,7-10,15-17H2,1-6H3/p+1/t18-,28?/m1/s1. The van der Waals surface area contributed by atoms with Crippen LogP contribution in [0.25, 0.3) is 0 Å². The van der Waals surface area contributed by atoms with E-state index < -0.39 is 21.9 Å². The van der Waals surface area contributed by atoms with Crippen LogP contribution < -0.4 is 0 Å². The molecule has 1 aromatic rings. The van der Waals surface area contributed by atoms with Gasteiger partial charge in [-0.05, 0) is 63.3 Å². The fourth-order valence-corrected chi connectivity index (χ4v) is 5.25. The molecule has 0 aromatic heterocycles. The molecule has 32 heavy (non-hydrogen) atoms. The zero-order chi connectivity index (χ0) is 24.3. The summed E-state index contributed by atoms with van der Waals surface area (Å²) < 4.78 is 12.9. The summed E-state index contributed by atoms with van der Waals surface area (Å²) in [5.41, 5.74) is -0.154. The molecule has 1 aromatic carbocycles. The number of halogens is 1. The first kappa shape index (κ1) is 26.0. The maximum Gasteiger partial charge on any atom is 0.521 e. The molecule has 2 rings (SSSR count). The summed E-state index contributed by atoms with van der Waals surface area (Å²) >= 11 is 0. The molecule has 2 atom stereocenters. The topological polar surface area (TPSA) is 74.7 Å². The van der Waals surface area contributed by atoms with E-state index in [-0.39, 0.29) is 29.7 Å². The summed E-state index contributed by atoms with van der Waals surface area (Å²) in [5.74, 6) is -0.927. The molecule has 0 spiro atoms. The summed E-state index contributed by atoms with van der Waals surface area (Å²) in [7, 11) is 0. The molecule has 1 aliphatic rings. The highest BCUT2D eigenvalue weighted by Crippen LogP contribution is 2.33. The summed E-state index contributed by atoms with van der Waals surface area (Å²) in [6, 6.07) is 5.23. The van der Waals surface area contributed by atoms with Gasteiger partial charge in [-0.2, -0.15) is 9.28 Å². The maximum absolute atomic E-state index is 13.4. The van der Waals surface area contributed by atoms with Crippen molar-refractivity contribution in [1.29, 1.82) is 0 Å². The first-order chi connectivity index (χ1) is 14.7. The lowest BCUT2D eigenvalue weighted by atomic mass is 9.80. The number of hydrogen-bond donors (Lipinski definition) is 1. The Kier molecular flexibility index (Phi) is 7.87. The predicted molar refractivity (Wildman–Crippen MR) is 122 cm³/mol. The Hall–Kier alpha value is -2.28. The van der Waals surface area contributed by atoms with Gasteiger partial charge in [-0.3, -0.25) is 4.79 Å². The van der Waals surface area contributed by atoms with Gasteiger partial charge in [0.2, 0.25) is 0 Å². The molecule has 3 amide bonds. The Labute approximate surface area is 191 Å². The van der Waals surface area contributed by atoms with Crippen LogP contribution in [0.2, 0.25) is 0 Å². The van der Waals surface area contributed by atoms with Crippen molar-refractivity contribution in [1.82, 2.24) is 4.90 Å². The highest BCUT2D eigenvalue weighted by molar-refractivity contribution is 5.94. The van der Waals surface area contributed by atoms with Crippen molar-refractivity contribution in [3.05, 3.63) is 35.6 Å². The number of likely N-dealkylation sites (tertiary alicyclic amines) is 1. The van der Waals surface area contributed by atoms with Gasteiger partial charge in [-0.25, -0.2) is 9.18 Å². The minimum absolute atomic E-state index is 0.0375. The lowest BCUT2D eigenvalue weighted by Gasteiger charge is -2.42. The van der Waals surface area contributed by atoms with Crippen molar-refractivity contribution in [3.63, 3.8) is 0 Å². The van der Waals surface area contributed by atoms with Gasteiger partial charge >= 0.3 is 12.0 Å². The number of benzene rings is 1. The first-order valence-corrected chi connectivity index (χ1v) is 11.4. The summed E-state index contributed by atoms with van der Waals surface area (Å²) in [6.07, 6.45) is 1.54. The molecule has 1 N–H and O–H groups in total. The third-order valence-corrected chi connectivity index (χ3v) is 6.47. The number of rotatable bonds is 7. The molecule has 178 valence electrons. The number of carbonyl (C=O) groups excluding carboxylic acids is 2. The fraction of sp³-hybridized carbons (Fsp3) is 0.640. The van der Waals surface area contributed by atoms with E-state index >= 15 is 0 Å². The second-order valence-corrected chi connectivity index (χ2v) is 10.9. The molecular formula is C25H38FN2O4+. The van der Waals surface area contributed by atoms with Crippen molar-refractivity contribution >= 4 is 17.9 Å². The smallest absolute Gasteiger partial charge is 0.435 e. The van der Waals surface area contributed by atoms with E-state index in [0.29, 0.717) is 37.9 Å². The minimum Gasteiger partial charge on any atom is -0.435 e. The van der Waals surface area contributed by atoms with E-state index in [1.807, 2.05) is 20.8 Å². The summed E-state index contributed by atoms with van der Waals surface area (Å²) in [5, 5.41) is 9.79. The molecule has 0 radical (unpaired) electrons. The van der Waals surface area contributed by atoms with Crippen LogP contribution in [-0.4, -0.2) is 57.1 Å². The van der Waals surface area contributed by atoms with Gasteiger partial charge in [-0.1, -0.05) is 20.8 Å². The molecule has 0 saturated carbocycles. The number of carbonyl (C=O) groups is 3. The Balaban J connectivity index is 2.21. The van der Waals surface area contributed by atoms with Crippen LogP contribution >= 0.6 is 0 Å². The second kappa shape index (κ2) is 9.69. The normalized spacial score (nSPS) is 21.4. The van der Waals surface area contributed by atoms with Crippen LogP contribution in [0, 0.1) is 11.2 Å². The average molecular weight is 450 g/mol.